The highest BCUT2D eigenvalue weighted by Gasteiger charge is 2.23. The number of hydrogen-bond acceptors (Lipinski definition) is 7. The van der Waals surface area contributed by atoms with Crippen LogP contribution in [0.25, 0.3) is 11.3 Å². The molecule has 1 saturated heterocycles. The number of benzene rings is 1. The van der Waals surface area contributed by atoms with Gasteiger partial charge < -0.3 is 4.90 Å². The second-order valence-corrected chi connectivity index (χ2v) is 9.96. The van der Waals surface area contributed by atoms with Gasteiger partial charge in [-0.25, -0.2) is 13.4 Å². The fourth-order valence-electron chi connectivity index (χ4n) is 4.06. The van der Waals surface area contributed by atoms with Crippen LogP contribution in [0.2, 0.25) is 0 Å². The van der Waals surface area contributed by atoms with Crippen molar-refractivity contribution in [1.82, 2.24) is 24.6 Å². The first-order valence-corrected chi connectivity index (χ1v) is 12.5. The molecule has 10 heteroatoms. The maximum atomic E-state index is 11.4. The van der Waals surface area contributed by atoms with Crippen LogP contribution in [0.4, 0.5) is 11.5 Å². The minimum absolute atomic E-state index is 0.524. The Kier molecular flexibility index (Phi) is 6.16. The van der Waals surface area contributed by atoms with Gasteiger partial charge in [-0.15, -0.1) is 0 Å². The number of nitrogens with zero attached hydrogens (tertiary/aromatic N) is 6. The maximum Gasteiger partial charge on any atom is 0.229 e. The molecule has 0 aliphatic carbocycles. The highest BCUT2D eigenvalue weighted by Crippen LogP contribution is 2.29. The number of nitrogens with one attached hydrogen (secondary N) is 1. The number of hydrogen-bond donors (Lipinski definition) is 1. The normalized spacial score (nSPS) is 15.2. The van der Waals surface area contributed by atoms with E-state index >= 15 is 0 Å². The van der Waals surface area contributed by atoms with Crippen LogP contribution in [0, 0.1) is 13.8 Å². The highest BCUT2D eigenvalue weighted by molar-refractivity contribution is 7.92. The molecule has 9 nitrogen and oxygen atoms in total. The maximum absolute atomic E-state index is 11.4. The van der Waals surface area contributed by atoms with Gasteiger partial charge in [-0.2, -0.15) is 5.10 Å². The van der Waals surface area contributed by atoms with E-state index in [0.717, 1.165) is 61.7 Å². The second-order valence-electron chi connectivity index (χ2n) is 8.22. The average Bonchev–Trinajstić information content (AvgIpc) is 3.00. The largest absolute Gasteiger partial charge is 0.352 e. The van der Waals surface area contributed by atoms with Crippen molar-refractivity contribution in [2.75, 3.05) is 42.1 Å². The quantitative estimate of drug-likeness (QED) is 0.609. The molecule has 1 aromatic carbocycles. The van der Waals surface area contributed by atoms with E-state index in [-0.39, 0.29) is 0 Å². The first-order valence-electron chi connectivity index (χ1n) is 10.6. The molecule has 0 saturated carbocycles. The molecule has 2 aromatic heterocycles. The lowest BCUT2D eigenvalue weighted by atomic mass is 10.1. The summed E-state index contributed by atoms with van der Waals surface area (Å²) in [5.41, 5.74) is 5.84. The summed E-state index contributed by atoms with van der Waals surface area (Å²) in [6, 6.07) is 7.22. The molecule has 170 valence electrons. The Labute approximate surface area is 189 Å². The summed E-state index contributed by atoms with van der Waals surface area (Å²) in [5.74, 6) is 0.852. The zero-order valence-corrected chi connectivity index (χ0v) is 19.7. The van der Waals surface area contributed by atoms with Crippen LogP contribution in [0.5, 0.6) is 0 Å². The monoisotopic (exact) mass is 455 g/mol. The summed E-state index contributed by atoms with van der Waals surface area (Å²) in [6.07, 6.45) is 4.54. The molecule has 1 fully saturated rings. The van der Waals surface area contributed by atoms with Crippen molar-refractivity contribution < 1.29 is 8.42 Å². The highest BCUT2D eigenvalue weighted by atomic mass is 32.2. The molecular formula is C22H29N7O2S. The Hall–Kier alpha value is -2.98. The number of anilines is 2. The van der Waals surface area contributed by atoms with E-state index in [2.05, 4.69) is 43.4 Å². The third-order valence-electron chi connectivity index (χ3n) is 5.85. The lowest BCUT2D eigenvalue weighted by Gasteiger charge is -2.36. The third-order valence-corrected chi connectivity index (χ3v) is 6.46. The van der Waals surface area contributed by atoms with Crippen LogP contribution in [0.3, 0.4) is 0 Å². The molecule has 1 N–H and O–H groups in total. The first kappa shape index (κ1) is 22.2. The van der Waals surface area contributed by atoms with E-state index in [1.807, 2.05) is 23.9 Å². The van der Waals surface area contributed by atoms with Crippen molar-refractivity contribution >= 4 is 21.5 Å². The molecule has 3 heterocycles. The number of aryl methyl sites for hydroxylation is 2. The lowest BCUT2D eigenvalue weighted by Crippen LogP contribution is -2.46. The molecule has 32 heavy (non-hydrogen) atoms. The Bertz CT molecular complexity index is 1200. The third kappa shape index (κ3) is 4.91. The molecular weight excluding hydrogens is 426 g/mol. The molecule has 0 radical (unpaired) electrons. The summed E-state index contributed by atoms with van der Waals surface area (Å²) in [4.78, 5) is 13.9. The Balaban J connectivity index is 1.47. The fraction of sp³-hybridized carbons (Fsp3) is 0.409. The molecule has 4 rings (SSSR count). The van der Waals surface area contributed by atoms with E-state index in [4.69, 9.17) is 0 Å². The van der Waals surface area contributed by atoms with E-state index < -0.39 is 10.0 Å². The van der Waals surface area contributed by atoms with Crippen LogP contribution in [-0.4, -0.2) is 65.5 Å². The van der Waals surface area contributed by atoms with E-state index in [9.17, 15) is 8.42 Å². The second kappa shape index (κ2) is 8.87. The fourth-order valence-corrected chi connectivity index (χ4v) is 4.63. The summed E-state index contributed by atoms with van der Waals surface area (Å²) >= 11 is 0. The van der Waals surface area contributed by atoms with Gasteiger partial charge in [0.1, 0.15) is 5.69 Å². The molecule has 0 amide bonds. The van der Waals surface area contributed by atoms with Crippen molar-refractivity contribution in [3.8, 4) is 11.3 Å². The van der Waals surface area contributed by atoms with Gasteiger partial charge in [0, 0.05) is 74.7 Å². The van der Waals surface area contributed by atoms with Gasteiger partial charge in [-0.3, -0.25) is 19.3 Å². The minimum atomic E-state index is -3.31. The molecule has 0 atom stereocenters. The molecule has 1 aliphatic heterocycles. The molecule has 1 aliphatic rings. The predicted molar refractivity (Wildman–Crippen MR) is 126 cm³/mol. The number of piperazine rings is 1. The predicted octanol–water partition coefficient (Wildman–Crippen LogP) is 2.19. The van der Waals surface area contributed by atoms with Crippen LogP contribution in [-0.2, 0) is 23.6 Å². The average molecular weight is 456 g/mol. The molecule has 0 spiro atoms. The Morgan fingerprint density at radius 1 is 1.00 bits per heavy atom. The topological polar surface area (TPSA) is 96.2 Å². The minimum Gasteiger partial charge on any atom is -0.352 e. The van der Waals surface area contributed by atoms with Crippen molar-refractivity contribution in [1.29, 1.82) is 0 Å². The van der Waals surface area contributed by atoms with Crippen LogP contribution in [0.1, 0.15) is 17.0 Å². The van der Waals surface area contributed by atoms with E-state index in [0.29, 0.717) is 5.69 Å². The first-order chi connectivity index (χ1) is 15.2. The van der Waals surface area contributed by atoms with Crippen LogP contribution < -0.4 is 9.62 Å². The van der Waals surface area contributed by atoms with Gasteiger partial charge >= 0.3 is 0 Å². The summed E-state index contributed by atoms with van der Waals surface area (Å²) < 4.78 is 27.3. The van der Waals surface area contributed by atoms with E-state index in [1.54, 1.807) is 24.5 Å². The number of sulfonamides is 1. The number of aromatic nitrogens is 4. The van der Waals surface area contributed by atoms with Crippen molar-refractivity contribution in [3.63, 3.8) is 0 Å². The van der Waals surface area contributed by atoms with Crippen molar-refractivity contribution in [2.45, 2.75) is 20.4 Å². The summed E-state index contributed by atoms with van der Waals surface area (Å²) in [5, 5.41) is 4.53. The zero-order chi connectivity index (χ0) is 22.9. The van der Waals surface area contributed by atoms with E-state index in [1.165, 1.54) is 11.3 Å². The molecule has 3 aromatic rings. The SMILES string of the molecule is Cc1nn(C)c(C)c1CN1CCN(c2nccnc2-c2ccc(NS(C)(=O)=O)cc2)CC1. The zero-order valence-electron chi connectivity index (χ0n) is 18.9. The molecule has 0 unspecified atom stereocenters. The van der Waals surface area contributed by atoms with Crippen LogP contribution in [0.15, 0.2) is 36.7 Å². The summed E-state index contributed by atoms with van der Waals surface area (Å²) in [7, 11) is -1.32. The van der Waals surface area contributed by atoms with Gasteiger partial charge in [-0.1, -0.05) is 12.1 Å². The van der Waals surface area contributed by atoms with Crippen molar-refractivity contribution in [2.24, 2.45) is 7.05 Å². The lowest BCUT2D eigenvalue weighted by molar-refractivity contribution is 0.248. The van der Waals surface area contributed by atoms with Gasteiger partial charge in [0.25, 0.3) is 0 Å². The van der Waals surface area contributed by atoms with Gasteiger partial charge in [0.2, 0.25) is 10.0 Å². The van der Waals surface area contributed by atoms with Gasteiger partial charge in [0.05, 0.1) is 11.9 Å². The Morgan fingerprint density at radius 2 is 1.66 bits per heavy atom. The number of rotatable bonds is 6. The van der Waals surface area contributed by atoms with Crippen LogP contribution >= 0.6 is 0 Å². The van der Waals surface area contributed by atoms with Gasteiger partial charge in [-0.05, 0) is 26.0 Å². The Morgan fingerprint density at radius 3 is 2.25 bits per heavy atom. The summed E-state index contributed by atoms with van der Waals surface area (Å²) in [6.45, 7) is 8.67. The van der Waals surface area contributed by atoms with Crippen molar-refractivity contribution in [3.05, 3.63) is 53.6 Å². The molecule has 0 bridgehead atoms. The van der Waals surface area contributed by atoms with Gasteiger partial charge in [0.15, 0.2) is 5.82 Å². The standard InChI is InChI=1S/C22H29N7O2S/c1-16-20(17(2)27(3)25-16)15-28-11-13-29(14-12-28)22-21(23-9-10-24-22)18-5-7-19(8-6-18)26-32(4,30)31/h5-10,26H,11-15H2,1-4H3. The smallest absolute Gasteiger partial charge is 0.229 e.